The molecule has 0 radical (unpaired) electrons. The highest BCUT2D eigenvalue weighted by Crippen LogP contribution is 2.30. The number of carbonyl (C=O) groups excluding carboxylic acids is 1. The highest BCUT2D eigenvalue weighted by Gasteiger charge is 2.44. The molecule has 0 spiro atoms. The minimum absolute atomic E-state index is 0.0887. The maximum absolute atomic E-state index is 14.4. The Morgan fingerprint density at radius 2 is 2.21 bits per heavy atom. The fourth-order valence-corrected chi connectivity index (χ4v) is 2.65. The lowest BCUT2D eigenvalue weighted by Crippen LogP contribution is -2.46. The van der Waals surface area contributed by atoms with Gasteiger partial charge in [0, 0.05) is 25.0 Å². The van der Waals surface area contributed by atoms with Gasteiger partial charge in [-0.2, -0.15) is 0 Å². The number of rotatable bonds is 3. The standard InChI is InChI=1S/C14H18ClFN2O/c1-10(11-5-3-4-6-12(11)15)18(2)13(19)14(16)7-8-17-9-14/h3-6,10,17H,7-9H2,1-2H3/t10-,14+/m1/s1. The van der Waals surface area contributed by atoms with Gasteiger partial charge in [0.25, 0.3) is 5.91 Å². The van der Waals surface area contributed by atoms with E-state index in [-0.39, 0.29) is 19.0 Å². The van der Waals surface area contributed by atoms with Crippen molar-refractivity contribution in [2.24, 2.45) is 0 Å². The van der Waals surface area contributed by atoms with Gasteiger partial charge in [-0.15, -0.1) is 0 Å². The van der Waals surface area contributed by atoms with Gasteiger partial charge in [0.15, 0.2) is 0 Å². The number of hydrogen-bond acceptors (Lipinski definition) is 2. The molecule has 19 heavy (non-hydrogen) atoms. The van der Waals surface area contributed by atoms with Crippen LogP contribution in [0.2, 0.25) is 5.02 Å². The molecule has 1 N–H and O–H groups in total. The first-order valence-electron chi connectivity index (χ1n) is 6.37. The summed E-state index contributed by atoms with van der Waals surface area (Å²) in [6, 6.07) is 7.06. The van der Waals surface area contributed by atoms with Crippen LogP contribution in [0.3, 0.4) is 0 Å². The Bertz CT molecular complexity index is 474. The first-order valence-corrected chi connectivity index (χ1v) is 6.75. The summed E-state index contributed by atoms with van der Waals surface area (Å²) in [5.41, 5.74) is -0.959. The monoisotopic (exact) mass is 284 g/mol. The molecule has 2 atom stereocenters. The van der Waals surface area contributed by atoms with Crippen molar-refractivity contribution in [3.05, 3.63) is 34.9 Å². The molecule has 0 saturated carbocycles. The summed E-state index contributed by atoms with van der Waals surface area (Å²) < 4.78 is 14.4. The van der Waals surface area contributed by atoms with Gasteiger partial charge in [-0.25, -0.2) is 4.39 Å². The molecule has 1 aromatic carbocycles. The zero-order chi connectivity index (χ0) is 14.0. The Morgan fingerprint density at radius 3 is 2.79 bits per heavy atom. The predicted octanol–water partition coefficient (Wildman–Crippen LogP) is 2.56. The van der Waals surface area contributed by atoms with Crippen molar-refractivity contribution in [2.45, 2.75) is 25.1 Å². The number of benzene rings is 1. The van der Waals surface area contributed by atoms with E-state index in [0.29, 0.717) is 11.6 Å². The Kier molecular flexibility index (Phi) is 4.11. The molecular weight excluding hydrogens is 267 g/mol. The van der Waals surface area contributed by atoms with Crippen molar-refractivity contribution >= 4 is 17.5 Å². The summed E-state index contributed by atoms with van der Waals surface area (Å²) in [5.74, 6) is -0.482. The fraction of sp³-hybridized carbons (Fsp3) is 0.500. The molecule has 0 bridgehead atoms. The van der Waals surface area contributed by atoms with Crippen LogP contribution < -0.4 is 5.32 Å². The third-order valence-corrected chi connectivity index (χ3v) is 4.09. The first kappa shape index (κ1) is 14.3. The molecule has 1 aliphatic rings. The second-order valence-electron chi connectivity index (χ2n) is 5.01. The molecule has 104 valence electrons. The number of nitrogens with zero attached hydrogens (tertiary/aromatic N) is 1. The van der Waals surface area contributed by atoms with E-state index in [2.05, 4.69) is 5.32 Å². The second-order valence-corrected chi connectivity index (χ2v) is 5.41. The smallest absolute Gasteiger partial charge is 0.261 e. The van der Waals surface area contributed by atoms with Crippen molar-refractivity contribution in [3.63, 3.8) is 0 Å². The first-order chi connectivity index (χ1) is 8.96. The minimum atomic E-state index is -1.79. The zero-order valence-corrected chi connectivity index (χ0v) is 11.9. The van der Waals surface area contributed by atoms with Gasteiger partial charge in [0.2, 0.25) is 5.67 Å². The van der Waals surface area contributed by atoms with Crippen molar-refractivity contribution in [1.29, 1.82) is 0 Å². The molecule has 1 saturated heterocycles. The summed E-state index contributed by atoms with van der Waals surface area (Å²) in [4.78, 5) is 13.7. The number of carbonyl (C=O) groups is 1. The zero-order valence-electron chi connectivity index (χ0n) is 11.1. The number of nitrogens with one attached hydrogen (secondary N) is 1. The summed E-state index contributed by atoms with van der Waals surface area (Å²) in [6.45, 7) is 2.48. The Labute approximate surface area is 117 Å². The lowest BCUT2D eigenvalue weighted by atomic mass is 10.0. The maximum Gasteiger partial charge on any atom is 0.261 e. The van der Waals surface area contributed by atoms with Crippen LogP contribution in [0, 0.1) is 0 Å². The molecule has 2 rings (SSSR count). The lowest BCUT2D eigenvalue weighted by molar-refractivity contribution is -0.143. The number of alkyl halides is 1. The lowest BCUT2D eigenvalue weighted by Gasteiger charge is -2.31. The van der Waals surface area contributed by atoms with Gasteiger partial charge in [-0.1, -0.05) is 29.8 Å². The molecule has 3 nitrogen and oxygen atoms in total. The molecule has 0 unspecified atom stereocenters. The topological polar surface area (TPSA) is 32.3 Å². The van der Waals surface area contributed by atoms with Crippen molar-refractivity contribution in [1.82, 2.24) is 10.2 Å². The Balaban J connectivity index is 2.17. The van der Waals surface area contributed by atoms with E-state index in [1.165, 1.54) is 4.90 Å². The summed E-state index contributed by atoms with van der Waals surface area (Å²) >= 11 is 6.12. The average Bonchev–Trinajstić information content (AvgIpc) is 2.85. The number of halogens is 2. The molecule has 0 aromatic heterocycles. The molecule has 0 aliphatic carbocycles. The van der Waals surface area contributed by atoms with E-state index >= 15 is 0 Å². The van der Waals surface area contributed by atoms with Crippen molar-refractivity contribution in [3.8, 4) is 0 Å². The van der Waals surface area contributed by atoms with Crippen LogP contribution in [0.5, 0.6) is 0 Å². The van der Waals surface area contributed by atoms with Gasteiger partial charge >= 0.3 is 0 Å². The van der Waals surface area contributed by atoms with E-state index in [4.69, 9.17) is 11.6 Å². The van der Waals surface area contributed by atoms with Crippen LogP contribution in [0.15, 0.2) is 24.3 Å². The summed E-state index contributed by atoms with van der Waals surface area (Å²) in [6.07, 6.45) is 0.228. The molecule has 1 aliphatic heterocycles. The largest absolute Gasteiger partial charge is 0.336 e. The third-order valence-electron chi connectivity index (χ3n) is 3.74. The van der Waals surface area contributed by atoms with Gasteiger partial charge in [-0.05, 0) is 25.1 Å². The SMILES string of the molecule is C[C@H](c1ccccc1Cl)N(C)C(=O)[C@]1(F)CCNC1. The normalized spacial score (nSPS) is 24.2. The summed E-state index contributed by atoms with van der Waals surface area (Å²) in [5, 5.41) is 3.48. The number of amides is 1. The van der Waals surface area contributed by atoms with Crippen molar-refractivity contribution < 1.29 is 9.18 Å². The van der Waals surface area contributed by atoms with Gasteiger partial charge in [-0.3, -0.25) is 4.79 Å². The highest BCUT2D eigenvalue weighted by molar-refractivity contribution is 6.31. The second kappa shape index (κ2) is 5.47. The van der Waals surface area contributed by atoms with Crippen LogP contribution in [0.4, 0.5) is 4.39 Å². The van der Waals surface area contributed by atoms with E-state index in [9.17, 15) is 9.18 Å². The van der Waals surface area contributed by atoms with Crippen LogP contribution in [-0.2, 0) is 4.79 Å². The molecular formula is C14H18ClFN2O. The Hall–Kier alpha value is -1.13. The fourth-order valence-electron chi connectivity index (χ4n) is 2.36. The quantitative estimate of drug-likeness (QED) is 0.925. The van der Waals surface area contributed by atoms with Gasteiger partial charge in [0.05, 0.1) is 6.04 Å². The van der Waals surface area contributed by atoms with E-state index in [0.717, 1.165) is 5.56 Å². The van der Waals surface area contributed by atoms with Gasteiger partial charge < -0.3 is 10.2 Å². The minimum Gasteiger partial charge on any atom is -0.336 e. The van der Waals surface area contributed by atoms with Crippen molar-refractivity contribution in [2.75, 3.05) is 20.1 Å². The number of hydrogen-bond donors (Lipinski definition) is 1. The molecule has 1 heterocycles. The van der Waals surface area contributed by atoms with Crippen LogP contribution >= 0.6 is 11.6 Å². The predicted molar refractivity (Wildman–Crippen MR) is 74.0 cm³/mol. The van der Waals surface area contributed by atoms with E-state index in [1.54, 1.807) is 13.1 Å². The maximum atomic E-state index is 14.4. The summed E-state index contributed by atoms with van der Waals surface area (Å²) in [7, 11) is 1.62. The molecule has 1 aromatic rings. The van der Waals surface area contributed by atoms with E-state index in [1.807, 2.05) is 25.1 Å². The highest BCUT2D eigenvalue weighted by atomic mass is 35.5. The van der Waals surface area contributed by atoms with Crippen LogP contribution in [-0.4, -0.2) is 36.6 Å². The van der Waals surface area contributed by atoms with Crippen LogP contribution in [0.1, 0.15) is 24.9 Å². The van der Waals surface area contributed by atoms with E-state index < -0.39 is 11.6 Å². The van der Waals surface area contributed by atoms with Gasteiger partial charge in [0.1, 0.15) is 0 Å². The average molecular weight is 285 g/mol. The Morgan fingerprint density at radius 1 is 1.53 bits per heavy atom. The molecule has 1 fully saturated rings. The third kappa shape index (κ3) is 2.74. The van der Waals surface area contributed by atoms with Crippen LogP contribution in [0.25, 0.3) is 0 Å². The molecule has 5 heteroatoms. The molecule has 1 amide bonds.